The Morgan fingerprint density at radius 2 is 1.52 bits per heavy atom. The summed E-state index contributed by atoms with van der Waals surface area (Å²) < 4.78 is 0. The maximum absolute atomic E-state index is 12.8. The Bertz CT molecular complexity index is 799. The minimum Gasteiger partial charge on any atom is -0.479 e. The van der Waals surface area contributed by atoms with Gasteiger partial charge < -0.3 is 15.5 Å². The first-order chi connectivity index (χ1) is 12.8. The molecule has 27 heavy (non-hydrogen) atoms. The molecule has 0 radical (unpaired) electrons. The van der Waals surface area contributed by atoms with E-state index in [1.54, 1.807) is 42.5 Å². The number of aliphatic hydroxyl groups is 1. The lowest BCUT2D eigenvalue weighted by molar-refractivity contribution is -0.147. The van der Waals surface area contributed by atoms with Crippen LogP contribution in [0.2, 0.25) is 0 Å². The molecule has 2 unspecified atom stereocenters. The van der Waals surface area contributed by atoms with Crippen molar-refractivity contribution in [2.24, 2.45) is 5.92 Å². The van der Waals surface area contributed by atoms with Crippen LogP contribution in [0.25, 0.3) is 0 Å². The summed E-state index contributed by atoms with van der Waals surface area (Å²) in [6.45, 7) is 4.16. The highest BCUT2D eigenvalue weighted by molar-refractivity contribution is 6.06. The number of hydrogen-bond donors (Lipinski definition) is 3. The van der Waals surface area contributed by atoms with Crippen molar-refractivity contribution in [1.82, 2.24) is 5.32 Å². The number of carbonyl (C=O) groups is 3. The maximum Gasteiger partial charge on any atom is 0.335 e. The zero-order valence-corrected chi connectivity index (χ0v) is 15.3. The fourth-order valence-corrected chi connectivity index (χ4v) is 2.70. The lowest BCUT2D eigenvalue weighted by atomic mass is 9.96. The van der Waals surface area contributed by atoms with Gasteiger partial charge in [-0.25, -0.2) is 4.79 Å². The second-order valence-corrected chi connectivity index (χ2v) is 6.76. The van der Waals surface area contributed by atoms with Gasteiger partial charge in [-0.1, -0.05) is 56.3 Å². The zero-order valence-electron chi connectivity index (χ0n) is 15.3. The monoisotopic (exact) mass is 369 g/mol. The van der Waals surface area contributed by atoms with Crippen LogP contribution in [0.5, 0.6) is 0 Å². The number of amides is 1. The van der Waals surface area contributed by atoms with Crippen molar-refractivity contribution in [3.05, 3.63) is 71.3 Å². The first-order valence-electron chi connectivity index (χ1n) is 8.69. The number of rotatable bonds is 8. The minimum absolute atomic E-state index is 0.223. The highest BCUT2D eigenvalue weighted by Gasteiger charge is 2.34. The van der Waals surface area contributed by atoms with Gasteiger partial charge in [0.1, 0.15) is 6.04 Å². The van der Waals surface area contributed by atoms with Gasteiger partial charge in [-0.15, -0.1) is 0 Å². The van der Waals surface area contributed by atoms with Crippen LogP contribution in [0.1, 0.15) is 40.1 Å². The van der Waals surface area contributed by atoms with Crippen LogP contribution in [0.3, 0.4) is 0 Å². The zero-order chi connectivity index (χ0) is 20.0. The fraction of sp³-hybridized carbons (Fsp3) is 0.286. The van der Waals surface area contributed by atoms with E-state index >= 15 is 0 Å². The summed E-state index contributed by atoms with van der Waals surface area (Å²) in [5.74, 6) is -2.42. The lowest BCUT2D eigenvalue weighted by Crippen LogP contribution is -2.51. The second-order valence-electron chi connectivity index (χ2n) is 6.76. The molecule has 0 saturated carbocycles. The number of carboxylic acid groups (broad SMARTS) is 1. The molecule has 0 spiro atoms. The van der Waals surface area contributed by atoms with E-state index in [1.165, 1.54) is 12.1 Å². The van der Waals surface area contributed by atoms with Gasteiger partial charge in [0.15, 0.2) is 11.9 Å². The summed E-state index contributed by atoms with van der Waals surface area (Å²) in [6.07, 6.45) is -1.21. The molecule has 1 amide bonds. The van der Waals surface area contributed by atoms with Gasteiger partial charge in [-0.05, 0) is 30.0 Å². The third-order valence-electron chi connectivity index (χ3n) is 4.06. The van der Waals surface area contributed by atoms with E-state index in [2.05, 4.69) is 19.2 Å². The Morgan fingerprint density at radius 1 is 0.926 bits per heavy atom. The molecule has 0 aliphatic carbocycles. The predicted molar refractivity (Wildman–Crippen MR) is 101 cm³/mol. The molecule has 142 valence electrons. The van der Waals surface area contributed by atoms with Crippen LogP contribution < -0.4 is 5.32 Å². The van der Waals surface area contributed by atoms with E-state index in [0.29, 0.717) is 5.92 Å². The number of nitrogens with one attached hydrogen (secondary N) is 1. The predicted octanol–water partition coefficient (Wildman–Crippen LogP) is 2.31. The highest BCUT2D eigenvalue weighted by Crippen LogP contribution is 2.13. The molecule has 0 aliphatic rings. The van der Waals surface area contributed by atoms with Crippen molar-refractivity contribution in [3.8, 4) is 0 Å². The number of carbonyl (C=O) groups excluding carboxylic acids is 2. The smallest absolute Gasteiger partial charge is 0.335 e. The van der Waals surface area contributed by atoms with Crippen molar-refractivity contribution >= 4 is 17.7 Å². The minimum atomic E-state index is -2.06. The first kappa shape index (κ1) is 20.3. The molecule has 2 rings (SSSR count). The molecule has 0 aliphatic heterocycles. The number of hydrogen-bond acceptors (Lipinski definition) is 4. The fourth-order valence-electron chi connectivity index (χ4n) is 2.70. The Morgan fingerprint density at radius 3 is 2.04 bits per heavy atom. The van der Waals surface area contributed by atoms with Gasteiger partial charge in [0.2, 0.25) is 0 Å². The quantitative estimate of drug-likeness (QED) is 0.620. The summed E-state index contributed by atoms with van der Waals surface area (Å²) in [5.41, 5.74) is 1.53. The van der Waals surface area contributed by atoms with Gasteiger partial charge in [-0.2, -0.15) is 0 Å². The number of carboxylic acids is 1. The van der Waals surface area contributed by atoms with Crippen LogP contribution >= 0.6 is 0 Å². The SMILES string of the molecule is CC(C)Cc1ccc(C(=O)C(NC(=O)c2ccccc2)C(O)C(=O)O)cc1. The summed E-state index contributed by atoms with van der Waals surface area (Å²) >= 11 is 0. The van der Waals surface area contributed by atoms with Crippen molar-refractivity contribution in [3.63, 3.8) is 0 Å². The van der Waals surface area contributed by atoms with Gasteiger partial charge in [0.25, 0.3) is 5.91 Å². The van der Waals surface area contributed by atoms with Crippen LogP contribution in [0.15, 0.2) is 54.6 Å². The number of ketones is 1. The number of benzene rings is 2. The second kappa shape index (κ2) is 9.09. The Balaban J connectivity index is 2.24. The summed E-state index contributed by atoms with van der Waals surface area (Å²) in [4.78, 5) is 36.3. The van der Waals surface area contributed by atoms with Crippen molar-refractivity contribution < 1.29 is 24.6 Å². The molecule has 3 N–H and O–H groups in total. The standard InChI is InChI=1S/C21H23NO5/c1-13(2)12-14-8-10-15(11-9-14)18(23)17(19(24)21(26)27)22-20(25)16-6-4-3-5-7-16/h3-11,13,17,19,24H,12H2,1-2H3,(H,22,25)(H,26,27). The van der Waals surface area contributed by atoms with E-state index < -0.39 is 29.8 Å². The van der Waals surface area contributed by atoms with E-state index in [4.69, 9.17) is 5.11 Å². The normalized spacial score (nSPS) is 13.0. The van der Waals surface area contributed by atoms with Crippen molar-refractivity contribution in [2.75, 3.05) is 0 Å². The molecule has 2 aromatic carbocycles. The molecule has 0 heterocycles. The van der Waals surface area contributed by atoms with Crippen LogP contribution in [-0.2, 0) is 11.2 Å². The van der Waals surface area contributed by atoms with Gasteiger partial charge in [0.05, 0.1) is 0 Å². The van der Waals surface area contributed by atoms with Gasteiger partial charge in [-0.3, -0.25) is 9.59 Å². The van der Waals surface area contributed by atoms with E-state index in [-0.39, 0.29) is 11.1 Å². The lowest BCUT2D eigenvalue weighted by Gasteiger charge is -2.20. The molecule has 6 nitrogen and oxygen atoms in total. The number of aliphatic carboxylic acids is 1. The molecular formula is C21H23NO5. The Labute approximate surface area is 157 Å². The summed E-state index contributed by atoms with van der Waals surface area (Å²) in [7, 11) is 0. The Kier molecular flexibility index (Phi) is 6.85. The Hall–Kier alpha value is -2.99. The molecule has 0 fully saturated rings. The maximum atomic E-state index is 12.8. The van der Waals surface area contributed by atoms with Crippen molar-refractivity contribution in [2.45, 2.75) is 32.4 Å². The average molecular weight is 369 g/mol. The third kappa shape index (κ3) is 5.49. The molecule has 2 atom stereocenters. The topological polar surface area (TPSA) is 104 Å². The van der Waals surface area contributed by atoms with Gasteiger partial charge in [0, 0.05) is 11.1 Å². The van der Waals surface area contributed by atoms with Crippen LogP contribution in [0.4, 0.5) is 0 Å². The molecule has 2 aromatic rings. The van der Waals surface area contributed by atoms with E-state index in [1.807, 2.05) is 0 Å². The first-order valence-corrected chi connectivity index (χ1v) is 8.69. The summed E-state index contributed by atoms with van der Waals surface area (Å²) in [6, 6.07) is 13.2. The van der Waals surface area contributed by atoms with E-state index in [0.717, 1.165) is 12.0 Å². The highest BCUT2D eigenvalue weighted by atomic mass is 16.4. The summed E-state index contributed by atoms with van der Waals surface area (Å²) in [5, 5.41) is 21.4. The molecule has 0 aromatic heterocycles. The molecule has 6 heteroatoms. The number of Topliss-reactive ketones (excluding diaryl/α,β-unsaturated/α-hetero) is 1. The molecule has 0 saturated heterocycles. The van der Waals surface area contributed by atoms with E-state index in [9.17, 15) is 19.5 Å². The van der Waals surface area contributed by atoms with Gasteiger partial charge >= 0.3 is 5.97 Å². The molecule has 0 bridgehead atoms. The largest absolute Gasteiger partial charge is 0.479 e. The average Bonchev–Trinajstić information content (AvgIpc) is 2.65. The molecular weight excluding hydrogens is 346 g/mol. The number of aliphatic hydroxyl groups excluding tert-OH is 1. The van der Waals surface area contributed by atoms with Crippen molar-refractivity contribution in [1.29, 1.82) is 0 Å². The third-order valence-corrected chi connectivity index (χ3v) is 4.06. The van der Waals surface area contributed by atoms with Crippen LogP contribution in [-0.4, -0.2) is 40.0 Å². The van der Waals surface area contributed by atoms with Crippen LogP contribution in [0, 0.1) is 5.92 Å².